The lowest BCUT2D eigenvalue weighted by Gasteiger charge is -2.33. The number of hydrogen-bond acceptors (Lipinski definition) is 5. The third-order valence-electron chi connectivity index (χ3n) is 4.41. The first-order valence-electron chi connectivity index (χ1n) is 8.25. The molecule has 1 aliphatic heterocycles. The molecule has 0 unspecified atom stereocenters. The number of carbonyl (C=O) groups is 1. The standard InChI is InChI=1S/C16H23N5OS/c1-4-13-14(23-19-18-13)16(22)20-8-5-6-12(10-20)15-17-7-9-21(15)11(2)3/h7,9,11-12H,4-6,8,10H2,1-3H3/t12-/m1/s1. The van der Waals surface area contributed by atoms with E-state index in [0.29, 0.717) is 16.8 Å². The number of rotatable bonds is 4. The fourth-order valence-electron chi connectivity index (χ4n) is 3.20. The van der Waals surface area contributed by atoms with Gasteiger partial charge in [-0.2, -0.15) is 0 Å². The van der Waals surface area contributed by atoms with Crippen LogP contribution in [0.3, 0.4) is 0 Å². The molecule has 2 aromatic heterocycles. The van der Waals surface area contributed by atoms with Crippen molar-refractivity contribution in [2.75, 3.05) is 13.1 Å². The average Bonchev–Trinajstić information content (AvgIpc) is 3.23. The minimum atomic E-state index is 0.0733. The van der Waals surface area contributed by atoms with E-state index in [1.165, 1.54) is 11.5 Å². The van der Waals surface area contributed by atoms with Crippen LogP contribution in [0.15, 0.2) is 12.4 Å². The van der Waals surface area contributed by atoms with E-state index in [4.69, 9.17) is 0 Å². The van der Waals surface area contributed by atoms with Crippen molar-refractivity contribution in [3.05, 3.63) is 28.8 Å². The zero-order valence-electron chi connectivity index (χ0n) is 13.9. The van der Waals surface area contributed by atoms with Crippen LogP contribution in [0.25, 0.3) is 0 Å². The Bertz CT molecular complexity index is 678. The molecule has 0 N–H and O–H groups in total. The molecule has 0 bridgehead atoms. The van der Waals surface area contributed by atoms with Crippen LogP contribution in [0.5, 0.6) is 0 Å². The maximum absolute atomic E-state index is 12.8. The molecular weight excluding hydrogens is 310 g/mol. The van der Waals surface area contributed by atoms with E-state index in [0.717, 1.165) is 43.9 Å². The van der Waals surface area contributed by atoms with Gasteiger partial charge in [0, 0.05) is 37.4 Å². The molecule has 0 aromatic carbocycles. The molecule has 3 heterocycles. The van der Waals surface area contributed by atoms with Crippen molar-refractivity contribution >= 4 is 17.4 Å². The predicted octanol–water partition coefficient (Wildman–Crippen LogP) is 2.90. The maximum atomic E-state index is 12.8. The number of carbonyl (C=O) groups excluding carboxylic acids is 1. The van der Waals surface area contributed by atoms with Crippen molar-refractivity contribution in [3.63, 3.8) is 0 Å². The molecule has 3 rings (SSSR count). The first-order valence-corrected chi connectivity index (χ1v) is 9.02. The molecule has 124 valence electrons. The van der Waals surface area contributed by atoms with Gasteiger partial charge in [0.05, 0.1) is 5.69 Å². The molecule has 23 heavy (non-hydrogen) atoms. The van der Waals surface area contributed by atoms with Crippen LogP contribution >= 0.6 is 11.5 Å². The molecule has 7 heteroatoms. The predicted molar refractivity (Wildman–Crippen MR) is 89.8 cm³/mol. The van der Waals surface area contributed by atoms with E-state index >= 15 is 0 Å². The van der Waals surface area contributed by atoms with Crippen molar-refractivity contribution in [3.8, 4) is 0 Å². The van der Waals surface area contributed by atoms with Gasteiger partial charge in [-0.1, -0.05) is 11.4 Å². The van der Waals surface area contributed by atoms with Gasteiger partial charge in [-0.3, -0.25) is 4.79 Å². The van der Waals surface area contributed by atoms with Gasteiger partial charge in [-0.15, -0.1) is 5.10 Å². The summed E-state index contributed by atoms with van der Waals surface area (Å²) < 4.78 is 6.16. The molecular formula is C16H23N5OS. The lowest BCUT2D eigenvalue weighted by Crippen LogP contribution is -2.39. The van der Waals surface area contributed by atoms with Gasteiger partial charge < -0.3 is 9.47 Å². The van der Waals surface area contributed by atoms with Gasteiger partial charge in [0.15, 0.2) is 0 Å². The molecule has 1 atom stereocenters. The largest absolute Gasteiger partial charge is 0.337 e. The molecule has 0 spiro atoms. The summed E-state index contributed by atoms with van der Waals surface area (Å²) in [6, 6.07) is 0.385. The van der Waals surface area contributed by atoms with E-state index in [9.17, 15) is 4.79 Å². The van der Waals surface area contributed by atoms with Crippen molar-refractivity contribution in [2.24, 2.45) is 0 Å². The van der Waals surface area contributed by atoms with Crippen LogP contribution < -0.4 is 0 Å². The van der Waals surface area contributed by atoms with E-state index < -0.39 is 0 Å². The molecule has 0 radical (unpaired) electrons. The van der Waals surface area contributed by atoms with Crippen LogP contribution in [-0.2, 0) is 6.42 Å². The Hall–Kier alpha value is -1.76. The van der Waals surface area contributed by atoms with E-state index in [2.05, 4.69) is 33.0 Å². The van der Waals surface area contributed by atoms with Gasteiger partial charge in [-0.05, 0) is 44.6 Å². The van der Waals surface area contributed by atoms with E-state index in [1.54, 1.807) is 0 Å². The summed E-state index contributed by atoms with van der Waals surface area (Å²) in [6.07, 6.45) is 6.72. The number of piperidine rings is 1. The quantitative estimate of drug-likeness (QED) is 0.863. The SMILES string of the molecule is CCc1nnsc1C(=O)N1CCC[C@@H](c2nccn2C(C)C)C1. The molecule has 1 aliphatic rings. The molecule has 1 amide bonds. The Labute approximate surface area is 140 Å². The minimum Gasteiger partial charge on any atom is -0.337 e. The monoisotopic (exact) mass is 333 g/mol. The number of hydrogen-bond donors (Lipinski definition) is 0. The molecule has 6 nitrogen and oxygen atoms in total. The normalized spacial score (nSPS) is 18.6. The van der Waals surface area contributed by atoms with Crippen molar-refractivity contribution in [2.45, 2.75) is 52.0 Å². The lowest BCUT2D eigenvalue weighted by molar-refractivity contribution is 0.0706. The topological polar surface area (TPSA) is 63.9 Å². The maximum Gasteiger partial charge on any atom is 0.267 e. The Morgan fingerprint density at radius 3 is 3.04 bits per heavy atom. The van der Waals surface area contributed by atoms with E-state index in [1.807, 2.05) is 24.2 Å². The second-order valence-electron chi connectivity index (χ2n) is 6.28. The molecule has 2 aromatic rings. The first kappa shape index (κ1) is 16.1. The Morgan fingerprint density at radius 2 is 2.30 bits per heavy atom. The van der Waals surface area contributed by atoms with Gasteiger partial charge >= 0.3 is 0 Å². The lowest BCUT2D eigenvalue weighted by atomic mass is 9.96. The third kappa shape index (κ3) is 3.15. The van der Waals surface area contributed by atoms with Crippen LogP contribution in [-0.4, -0.2) is 43.0 Å². The highest BCUT2D eigenvalue weighted by molar-refractivity contribution is 7.08. The minimum absolute atomic E-state index is 0.0733. The van der Waals surface area contributed by atoms with Gasteiger partial charge in [-0.25, -0.2) is 4.98 Å². The van der Waals surface area contributed by atoms with Crippen molar-refractivity contribution in [1.29, 1.82) is 0 Å². The van der Waals surface area contributed by atoms with Crippen molar-refractivity contribution in [1.82, 2.24) is 24.0 Å². The summed E-state index contributed by atoms with van der Waals surface area (Å²) in [6.45, 7) is 7.86. The zero-order valence-corrected chi connectivity index (χ0v) is 14.7. The first-order chi connectivity index (χ1) is 11.1. The molecule has 1 fully saturated rings. The van der Waals surface area contributed by atoms with Gasteiger partial charge in [0.2, 0.25) is 0 Å². The highest BCUT2D eigenvalue weighted by atomic mass is 32.1. The highest BCUT2D eigenvalue weighted by Crippen LogP contribution is 2.29. The summed E-state index contributed by atoms with van der Waals surface area (Å²) in [7, 11) is 0. The summed E-state index contributed by atoms with van der Waals surface area (Å²) >= 11 is 1.21. The van der Waals surface area contributed by atoms with Crippen LogP contribution in [0.2, 0.25) is 0 Å². The average molecular weight is 333 g/mol. The number of likely N-dealkylation sites (tertiary alicyclic amines) is 1. The van der Waals surface area contributed by atoms with Gasteiger partial charge in [0.1, 0.15) is 10.7 Å². The molecule has 1 saturated heterocycles. The summed E-state index contributed by atoms with van der Waals surface area (Å²) in [5, 5.41) is 4.06. The van der Waals surface area contributed by atoms with Crippen LogP contribution in [0.4, 0.5) is 0 Å². The number of imidazole rings is 1. The summed E-state index contributed by atoms with van der Waals surface area (Å²) in [5.41, 5.74) is 0.811. The third-order valence-corrected chi connectivity index (χ3v) is 5.17. The van der Waals surface area contributed by atoms with Crippen molar-refractivity contribution < 1.29 is 4.79 Å². The number of nitrogens with zero attached hydrogens (tertiary/aromatic N) is 5. The Kier molecular flexibility index (Phi) is 4.75. The van der Waals surface area contributed by atoms with E-state index in [-0.39, 0.29) is 5.91 Å². The molecule has 0 aliphatic carbocycles. The Morgan fingerprint density at radius 1 is 1.48 bits per heavy atom. The van der Waals surface area contributed by atoms with Crippen LogP contribution in [0.1, 0.15) is 66.8 Å². The zero-order chi connectivity index (χ0) is 16.4. The fraction of sp³-hybridized carbons (Fsp3) is 0.625. The number of aromatic nitrogens is 4. The summed E-state index contributed by atoms with van der Waals surface area (Å²) in [4.78, 5) is 20.0. The number of aryl methyl sites for hydroxylation is 1. The fourth-order valence-corrected chi connectivity index (χ4v) is 3.91. The highest BCUT2D eigenvalue weighted by Gasteiger charge is 2.30. The second kappa shape index (κ2) is 6.78. The van der Waals surface area contributed by atoms with Crippen LogP contribution in [0, 0.1) is 0 Å². The summed E-state index contributed by atoms with van der Waals surface area (Å²) in [5.74, 6) is 1.47. The smallest absolute Gasteiger partial charge is 0.267 e. The Balaban J connectivity index is 1.78. The second-order valence-corrected chi connectivity index (χ2v) is 7.03. The number of amides is 1. The van der Waals surface area contributed by atoms with Gasteiger partial charge in [0.25, 0.3) is 5.91 Å². The molecule has 0 saturated carbocycles.